The van der Waals surface area contributed by atoms with Gasteiger partial charge in [-0.2, -0.15) is 0 Å². The van der Waals surface area contributed by atoms with Gasteiger partial charge in [0, 0.05) is 6.04 Å². The Balaban J connectivity index is 1.47. The van der Waals surface area contributed by atoms with E-state index in [4.69, 9.17) is 4.42 Å². The molecule has 1 atom stereocenters. The van der Waals surface area contributed by atoms with E-state index in [1.165, 1.54) is 18.2 Å². The first kappa shape index (κ1) is 22.7. The van der Waals surface area contributed by atoms with Crippen LogP contribution in [0.15, 0.2) is 52.2 Å². The molecule has 1 fully saturated rings. The van der Waals surface area contributed by atoms with E-state index < -0.39 is 10.8 Å². The number of furan rings is 1. The third-order valence-corrected chi connectivity index (χ3v) is 7.75. The molecule has 3 heterocycles. The highest BCUT2D eigenvalue weighted by atomic mass is 32.2. The molecule has 0 unspecified atom stereocenters. The normalized spacial score (nSPS) is 18.9. The van der Waals surface area contributed by atoms with Crippen molar-refractivity contribution in [2.45, 2.75) is 74.9 Å². The van der Waals surface area contributed by atoms with Gasteiger partial charge in [-0.05, 0) is 57.9 Å². The van der Waals surface area contributed by atoms with Gasteiger partial charge in [0.2, 0.25) is 17.6 Å². The van der Waals surface area contributed by atoms with Crippen molar-refractivity contribution in [3.05, 3.63) is 42.7 Å². The van der Waals surface area contributed by atoms with Gasteiger partial charge in [0.25, 0.3) is 0 Å². The molecular formula is C25H29N5O3S. The lowest BCUT2D eigenvalue weighted by atomic mass is 9.95. The molecule has 1 aliphatic heterocycles. The average molecular weight is 480 g/mol. The van der Waals surface area contributed by atoms with Gasteiger partial charge >= 0.3 is 0 Å². The molecule has 2 aliphatic rings. The van der Waals surface area contributed by atoms with Crippen LogP contribution >= 0.6 is 11.8 Å². The van der Waals surface area contributed by atoms with Crippen LogP contribution in [0.1, 0.15) is 58.9 Å². The SMILES string of the molecule is C[C@H](Sc1nnc(-c2ccco2)n1C1CCCCC1)C(=O)N1c2ccccc2NC(=O)C1(C)C. The summed E-state index contributed by atoms with van der Waals surface area (Å²) in [5.41, 5.74) is 0.328. The maximum Gasteiger partial charge on any atom is 0.250 e. The van der Waals surface area contributed by atoms with Crippen molar-refractivity contribution in [2.24, 2.45) is 0 Å². The van der Waals surface area contributed by atoms with Gasteiger partial charge < -0.3 is 9.73 Å². The monoisotopic (exact) mass is 479 g/mol. The lowest BCUT2D eigenvalue weighted by Gasteiger charge is -2.43. The number of hydrogen-bond donors (Lipinski definition) is 1. The summed E-state index contributed by atoms with van der Waals surface area (Å²) in [6, 6.07) is 11.4. The Morgan fingerprint density at radius 1 is 1.15 bits per heavy atom. The zero-order chi connectivity index (χ0) is 23.9. The van der Waals surface area contributed by atoms with Gasteiger partial charge in [-0.1, -0.05) is 43.2 Å². The van der Waals surface area contributed by atoms with E-state index in [1.807, 2.05) is 43.3 Å². The van der Waals surface area contributed by atoms with Gasteiger partial charge in [-0.15, -0.1) is 10.2 Å². The Morgan fingerprint density at radius 3 is 2.65 bits per heavy atom. The number of nitrogens with zero attached hydrogens (tertiary/aromatic N) is 4. The average Bonchev–Trinajstić information content (AvgIpc) is 3.50. The molecule has 9 heteroatoms. The molecular weight excluding hydrogens is 450 g/mol. The summed E-state index contributed by atoms with van der Waals surface area (Å²) in [6.45, 7) is 5.41. The zero-order valence-corrected chi connectivity index (χ0v) is 20.5. The second-order valence-corrected chi connectivity index (χ2v) is 10.7. The number of aromatic nitrogens is 3. The van der Waals surface area contributed by atoms with Crippen LogP contribution < -0.4 is 10.2 Å². The van der Waals surface area contributed by atoms with E-state index in [1.54, 1.807) is 25.0 Å². The van der Waals surface area contributed by atoms with Crippen molar-refractivity contribution in [1.82, 2.24) is 14.8 Å². The molecule has 5 rings (SSSR count). The number of benzene rings is 1. The Labute approximate surface area is 203 Å². The lowest BCUT2D eigenvalue weighted by Crippen LogP contribution is -2.60. The van der Waals surface area contributed by atoms with Crippen molar-refractivity contribution in [1.29, 1.82) is 0 Å². The molecule has 0 bridgehead atoms. The molecule has 178 valence electrons. The molecule has 0 spiro atoms. The maximum atomic E-state index is 13.8. The maximum absolute atomic E-state index is 13.8. The fourth-order valence-electron chi connectivity index (χ4n) is 4.84. The second kappa shape index (κ2) is 8.94. The fraction of sp³-hybridized carbons (Fsp3) is 0.440. The summed E-state index contributed by atoms with van der Waals surface area (Å²) in [5, 5.41) is 12.1. The van der Waals surface area contributed by atoms with Gasteiger partial charge in [0.15, 0.2) is 10.9 Å². The van der Waals surface area contributed by atoms with Gasteiger partial charge in [-0.25, -0.2) is 0 Å². The third kappa shape index (κ3) is 3.91. The smallest absolute Gasteiger partial charge is 0.250 e. The summed E-state index contributed by atoms with van der Waals surface area (Å²) in [4.78, 5) is 28.2. The number of carbonyl (C=O) groups excluding carboxylic acids is 2. The molecule has 2 amide bonds. The molecule has 0 saturated heterocycles. The minimum atomic E-state index is -1.02. The van der Waals surface area contributed by atoms with E-state index in [2.05, 4.69) is 20.1 Å². The van der Waals surface area contributed by atoms with Crippen LogP contribution in [0.5, 0.6) is 0 Å². The summed E-state index contributed by atoms with van der Waals surface area (Å²) in [5.74, 6) is 1.02. The highest BCUT2D eigenvalue weighted by Crippen LogP contribution is 2.40. The van der Waals surface area contributed by atoms with Crippen LogP contribution in [-0.2, 0) is 9.59 Å². The number of rotatable bonds is 5. The zero-order valence-electron chi connectivity index (χ0n) is 19.7. The molecule has 1 saturated carbocycles. The molecule has 1 N–H and O–H groups in total. The Hall–Kier alpha value is -3.07. The van der Waals surface area contributed by atoms with Crippen molar-refractivity contribution in [3.63, 3.8) is 0 Å². The number of thioether (sulfide) groups is 1. The quantitative estimate of drug-likeness (QED) is 0.500. The number of carbonyl (C=O) groups is 2. The number of nitrogens with one attached hydrogen (secondary N) is 1. The molecule has 0 radical (unpaired) electrons. The third-order valence-electron chi connectivity index (χ3n) is 6.70. The molecule has 34 heavy (non-hydrogen) atoms. The second-order valence-electron chi connectivity index (χ2n) is 9.41. The number of anilines is 2. The standard InChI is InChI=1S/C25H29N5O3S/c1-16(22(31)30-19-13-8-7-12-18(19)26-23(32)25(30,2)3)34-24-28-27-21(20-14-9-15-33-20)29(24)17-10-5-4-6-11-17/h7-9,12-17H,4-6,10-11H2,1-3H3,(H,26,32)/t16-/m0/s1. The van der Waals surface area contributed by atoms with Crippen molar-refractivity contribution >= 4 is 35.0 Å². The summed E-state index contributed by atoms with van der Waals surface area (Å²) < 4.78 is 7.79. The van der Waals surface area contributed by atoms with Gasteiger partial charge in [0.1, 0.15) is 5.54 Å². The summed E-state index contributed by atoms with van der Waals surface area (Å²) in [7, 11) is 0. The van der Waals surface area contributed by atoms with Crippen LogP contribution in [0.2, 0.25) is 0 Å². The molecule has 3 aromatic rings. The first-order chi connectivity index (χ1) is 16.4. The Bertz CT molecular complexity index is 1200. The van der Waals surface area contributed by atoms with E-state index in [9.17, 15) is 9.59 Å². The van der Waals surface area contributed by atoms with Crippen molar-refractivity contribution in [2.75, 3.05) is 10.2 Å². The Kier molecular flexibility index (Phi) is 5.97. The van der Waals surface area contributed by atoms with E-state index in [0.717, 1.165) is 25.7 Å². The van der Waals surface area contributed by atoms with Crippen molar-refractivity contribution < 1.29 is 14.0 Å². The summed E-state index contributed by atoms with van der Waals surface area (Å²) in [6.07, 6.45) is 7.29. The van der Waals surface area contributed by atoms with Crippen LogP contribution in [0.3, 0.4) is 0 Å². The minimum Gasteiger partial charge on any atom is -0.461 e. The highest BCUT2D eigenvalue weighted by Gasteiger charge is 2.45. The van der Waals surface area contributed by atoms with Crippen LogP contribution in [-0.4, -0.2) is 37.4 Å². The van der Waals surface area contributed by atoms with E-state index >= 15 is 0 Å². The molecule has 8 nitrogen and oxygen atoms in total. The minimum absolute atomic E-state index is 0.143. The van der Waals surface area contributed by atoms with Gasteiger partial charge in [0.05, 0.1) is 22.9 Å². The number of fused-ring (bicyclic) bond motifs is 1. The number of para-hydroxylation sites is 2. The van der Waals surface area contributed by atoms with Crippen molar-refractivity contribution in [3.8, 4) is 11.6 Å². The Morgan fingerprint density at radius 2 is 1.91 bits per heavy atom. The number of hydrogen-bond acceptors (Lipinski definition) is 6. The largest absolute Gasteiger partial charge is 0.461 e. The first-order valence-corrected chi connectivity index (χ1v) is 12.7. The predicted molar refractivity (Wildman–Crippen MR) is 132 cm³/mol. The van der Waals surface area contributed by atoms with Gasteiger partial charge in [-0.3, -0.25) is 19.1 Å². The molecule has 1 aromatic carbocycles. The highest BCUT2D eigenvalue weighted by molar-refractivity contribution is 8.00. The van der Waals surface area contributed by atoms with E-state index in [-0.39, 0.29) is 17.9 Å². The van der Waals surface area contributed by atoms with Crippen LogP contribution in [0.4, 0.5) is 11.4 Å². The van der Waals surface area contributed by atoms with E-state index in [0.29, 0.717) is 28.1 Å². The topological polar surface area (TPSA) is 93.3 Å². The summed E-state index contributed by atoms with van der Waals surface area (Å²) >= 11 is 1.39. The fourth-order valence-corrected chi connectivity index (χ4v) is 5.80. The first-order valence-electron chi connectivity index (χ1n) is 11.8. The molecule has 1 aliphatic carbocycles. The number of amides is 2. The van der Waals surface area contributed by atoms with Crippen LogP contribution in [0.25, 0.3) is 11.6 Å². The predicted octanol–water partition coefficient (Wildman–Crippen LogP) is 5.29. The lowest BCUT2D eigenvalue weighted by molar-refractivity contribution is -0.126. The van der Waals surface area contributed by atoms with Crippen LogP contribution in [0, 0.1) is 0 Å². The molecule has 2 aromatic heterocycles.